The van der Waals surface area contributed by atoms with E-state index in [1.165, 1.54) is 25.7 Å². The molecule has 0 radical (unpaired) electrons. The van der Waals surface area contributed by atoms with E-state index in [1.54, 1.807) is 10.9 Å². The molecular weight excluding hydrogens is 306 g/mol. The lowest BCUT2D eigenvalue weighted by atomic mass is 9.93. The Bertz CT molecular complexity index is 440. The Morgan fingerprint density at radius 1 is 1.26 bits per heavy atom. The third-order valence-corrected chi connectivity index (χ3v) is 4.64. The number of hydrogen-bond acceptors (Lipinski definition) is 3. The number of Topliss-reactive ketones (excluding diaryl/α,β-unsaturated/α-hetero) is 1. The van der Waals surface area contributed by atoms with Gasteiger partial charge in [-0.05, 0) is 55.7 Å². The topological polar surface area (TPSA) is 38.1 Å². The van der Waals surface area contributed by atoms with Gasteiger partial charge < -0.3 is 0 Å². The summed E-state index contributed by atoms with van der Waals surface area (Å²) in [6, 6.07) is 0. The predicted octanol–water partition coefficient (Wildman–Crippen LogP) is 3.02. The molecule has 1 aliphatic rings. The van der Waals surface area contributed by atoms with Gasteiger partial charge in [-0.15, -0.1) is 0 Å². The Balaban J connectivity index is 2.25. The third-order valence-electron chi connectivity index (χ3n) is 4.06. The third kappa shape index (κ3) is 2.92. The molecule has 2 rings (SSSR count). The molecule has 0 aliphatic carbocycles. The summed E-state index contributed by atoms with van der Waals surface area (Å²) in [6.45, 7) is 6.07. The highest BCUT2D eigenvalue weighted by atomic mass is 79.9. The van der Waals surface area contributed by atoms with Gasteiger partial charge in [0.25, 0.3) is 0 Å². The van der Waals surface area contributed by atoms with Crippen LogP contribution in [0.5, 0.6) is 0 Å². The number of likely N-dealkylation sites (tertiary alicyclic amines) is 1. The van der Waals surface area contributed by atoms with Gasteiger partial charge in [0, 0.05) is 7.05 Å². The number of rotatable bonds is 3. The summed E-state index contributed by atoms with van der Waals surface area (Å²) in [4.78, 5) is 15.2. The maximum absolute atomic E-state index is 12.8. The molecule has 4 nitrogen and oxygen atoms in total. The van der Waals surface area contributed by atoms with Crippen molar-refractivity contribution < 1.29 is 4.79 Å². The molecule has 0 saturated carbocycles. The Kier molecular flexibility index (Phi) is 4.46. The quantitative estimate of drug-likeness (QED) is 0.801. The highest BCUT2D eigenvalue weighted by molar-refractivity contribution is 9.10. The minimum absolute atomic E-state index is 0.140. The van der Waals surface area contributed by atoms with Crippen LogP contribution in [0.15, 0.2) is 10.7 Å². The van der Waals surface area contributed by atoms with Gasteiger partial charge in [-0.1, -0.05) is 12.8 Å². The Labute approximate surface area is 123 Å². The van der Waals surface area contributed by atoms with Crippen molar-refractivity contribution in [3.63, 3.8) is 0 Å². The van der Waals surface area contributed by atoms with Crippen LogP contribution < -0.4 is 0 Å². The normalized spacial score (nSPS) is 18.3. The monoisotopic (exact) mass is 327 g/mol. The van der Waals surface area contributed by atoms with E-state index in [-0.39, 0.29) is 5.78 Å². The van der Waals surface area contributed by atoms with Crippen LogP contribution in [0.25, 0.3) is 0 Å². The van der Waals surface area contributed by atoms with Crippen LogP contribution in [0.2, 0.25) is 0 Å². The molecule has 0 aromatic carbocycles. The van der Waals surface area contributed by atoms with Crippen molar-refractivity contribution in [2.24, 2.45) is 7.05 Å². The molecule has 1 aromatic heterocycles. The zero-order chi connectivity index (χ0) is 14.0. The lowest BCUT2D eigenvalue weighted by Gasteiger charge is -2.36. The zero-order valence-corrected chi connectivity index (χ0v) is 13.5. The second-order valence-corrected chi connectivity index (χ2v) is 6.61. The van der Waals surface area contributed by atoms with Crippen LogP contribution in [0.4, 0.5) is 0 Å². The smallest absolute Gasteiger partial charge is 0.201 e. The number of hydrogen-bond donors (Lipinski definition) is 0. The Morgan fingerprint density at radius 2 is 1.84 bits per heavy atom. The first-order valence-electron chi connectivity index (χ1n) is 6.92. The van der Waals surface area contributed by atoms with Crippen LogP contribution in [0, 0.1) is 0 Å². The van der Waals surface area contributed by atoms with Crippen LogP contribution in [0.3, 0.4) is 0 Å². The van der Waals surface area contributed by atoms with E-state index in [2.05, 4.69) is 25.9 Å². The van der Waals surface area contributed by atoms with Gasteiger partial charge in [0.05, 0.1) is 16.2 Å². The maximum atomic E-state index is 12.8. The molecule has 0 N–H and O–H groups in total. The average molecular weight is 328 g/mol. The second-order valence-electron chi connectivity index (χ2n) is 5.75. The summed E-state index contributed by atoms with van der Waals surface area (Å²) in [5.74, 6) is 0.140. The van der Waals surface area contributed by atoms with Gasteiger partial charge in [0.2, 0.25) is 5.78 Å². The summed E-state index contributed by atoms with van der Waals surface area (Å²) < 4.78 is 2.44. The minimum Gasteiger partial charge on any atom is -0.291 e. The summed E-state index contributed by atoms with van der Waals surface area (Å²) >= 11 is 3.43. The number of nitrogens with zero attached hydrogens (tertiary/aromatic N) is 3. The lowest BCUT2D eigenvalue weighted by Crippen LogP contribution is -2.51. The van der Waals surface area contributed by atoms with E-state index in [0.29, 0.717) is 5.69 Å². The fraction of sp³-hybridized carbons (Fsp3) is 0.714. The molecule has 1 saturated heterocycles. The number of ketones is 1. The second kappa shape index (κ2) is 5.75. The molecule has 0 amide bonds. The van der Waals surface area contributed by atoms with Gasteiger partial charge in [-0.2, -0.15) is 5.10 Å². The van der Waals surface area contributed by atoms with Gasteiger partial charge in [-0.3, -0.25) is 14.4 Å². The number of aryl methyl sites for hydroxylation is 1. The average Bonchev–Trinajstić information content (AvgIpc) is 2.61. The lowest BCUT2D eigenvalue weighted by molar-refractivity contribution is 0.0638. The van der Waals surface area contributed by atoms with E-state index in [4.69, 9.17) is 0 Å². The predicted molar refractivity (Wildman–Crippen MR) is 79.4 cm³/mol. The standard InChI is InChI=1S/C14H22BrN3O/c1-14(2,18-8-6-4-5-7-9-18)13(19)12-11(15)10-16-17(12)3/h10H,4-9H2,1-3H3. The molecule has 0 atom stereocenters. The first-order valence-corrected chi connectivity index (χ1v) is 7.71. The maximum Gasteiger partial charge on any atom is 0.201 e. The van der Waals surface area contributed by atoms with Gasteiger partial charge in [0.15, 0.2) is 0 Å². The first kappa shape index (κ1) is 14.7. The molecule has 1 fully saturated rings. The molecule has 0 unspecified atom stereocenters. The SMILES string of the molecule is Cn1ncc(Br)c1C(=O)C(C)(C)N1CCCCCC1. The summed E-state index contributed by atoms with van der Waals surface area (Å²) in [5.41, 5.74) is 0.190. The van der Waals surface area contributed by atoms with Crippen molar-refractivity contribution in [2.75, 3.05) is 13.1 Å². The molecular formula is C14H22BrN3O. The van der Waals surface area contributed by atoms with Crippen LogP contribution in [-0.2, 0) is 7.05 Å². The molecule has 1 aliphatic heterocycles. The molecule has 5 heteroatoms. The summed E-state index contributed by atoms with van der Waals surface area (Å²) in [6.07, 6.45) is 6.60. The van der Waals surface area contributed by atoms with Crippen LogP contribution in [0.1, 0.15) is 50.0 Å². The van der Waals surface area contributed by atoms with Crippen molar-refractivity contribution in [2.45, 2.75) is 45.1 Å². The molecule has 2 heterocycles. The van der Waals surface area contributed by atoms with Crippen LogP contribution in [-0.4, -0.2) is 39.1 Å². The van der Waals surface area contributed by atoms with E-state index in [1.807, 2.05) is 20.9 Å². The highest BCUT2D eigenvalue weighted by Crippen LogP contribution is 2.27. The molecule has 0 bridgehead atoms. The van der Waals surface area contributed by atoms with Crippen LogP contribution >= 0.6 is 15.9 Å². The van der Waals surface area contributed by atoms with Crippen molar-refractivity contribution in [1.29, 1.82) is 0 Å². The van der Waals surface area contributed by atoms with Gasteiger partial charge >= 0.3 is 0 Å². The number of carbonyl (C=O) groups is 1. The first-order chi connectivity index (χ1) is 8.94. The molecule has 19 heavy (non-hydrogen) atoms. The number of halogens is 1. The molecule has 106 valence electrons. The molecule has 0 spiro atoms. The van der Waals surface area contributed by atoms with Gasteiger partial charge in [-0.25, -0.2) is 0 Å². The Morgan fingerprint density at radius 3 is 2.32 bits per heavy atom. The van der Waals surface area contributed by atoms with Gasteiger partial charge in [0.1, 0.15) is 5.69 Å². The Hall–Kier alpha value is -0.680. The highest BCUT2D eigenvalue weighted by Gasteiger charge is 2.37. The van der Waals surface area contributed by atoms with E-state index in [0.717, 1.165) is 17.6 Å². The largest absolute Gasteiger partial charge is 0.291 e. The summed E-state index contributed by atoms with van der Waals surface area (Å²) in [7, 11) is 1.82. The van der Waals surface area contributed by atoms with Crippen molar-refractivity contribution in [1.82, 2.24) is 14.7 Å². The molecule has 1 aromatic rings. The van der Waals surface area contributed by atoms with Crippen molar-refractivity contribution in [3.8, 4) is 0 Å². The minimum atomic E-state index is -0.472. The van der Waals surface area contributed by atoms with Crippen molar-refractivity contribution in [3.05, 3.63) is 16.4 Å². The fourth-order valence-corrected chi connectivity index (χ4v) is 3.26. The van der Waals surface area contributed by atoms with Crippen molar-refractivity contribution >= 4 is 21.7 Å². The van der Waals surface area contributed by atoms with E-state index in [9.17, 15) is 4.79 Å². The van der Waals surface area contributed by atoms with E-state index >= 15 is 0 Å². The zero-order valence-electron chi connectivity index (χ0n) is 11.9. The fourth-order valence-electron chi connectivity index (χ4n) is 2.73. The number of aromatic nitrogens is 2. The van der Waals surface area contributed by atoms with E-state index < -0.39 is 5.54 Å². The number of carbonyl (C=O) groups excluding carboxylic acids is 1. The summed E-state index contributed by atoms with van der Waals surface area (Å²) in [5, 5.41) is 4.14.